The van der Waals surface area contributed by atoms with Crippen molar-refractivity contribution in [1.82, 2.24) is 25.1 Å². The van der Waals surface area contributed by atoms with Crippen molar-refractivity contribution in [2.45, 2.75) is 19.5 Å². The van der Waals surface area contributed by atoms with E-state index in [2.05, 4.69) is 20.4 Å². The number of amides is 1. The molecule has 0 aliphatic heterocycles. The number of nitrogens with one attached hydrogen (secondary N) is 1. The Kier molecular flexibility index (Phi) is 5.36. The molecule has 2 aromatic heterocycles. The number of nitrogens with zero attached hydrogens (tertiary/aromatic N) is 4. The zero-order valence-corrected chi connectivity index (χ0v) is 13.9. The summed E-state index contributed by atoms with van der Waals surface area (Å²) in [5.41, 5.74) is 1.39. The van der Waals surface area contributed by atoms with Crippen LogP contribution in [0.3, 0.4) is 0 Å². The molecule has 0 spiro atoms. The van der Waals surface area contributed by atoms with Gasteiger partial charge in [0.2, 0.25) is 5.88 Å². The minimum atomic E-state index is -0.259. The second kappa shape index (κ2) is 8.05. The highest BCUT2D eigenvalue weighted by atomic mass is 16.5. The molecule has 0 aliphatic rings. The first-order chi connectivity index (χ1) is 12.3. The van der Waals surface area contributed by atoms with Gasteiger partial charge in [-0.15, -0.1) is 0 Å². The molecule has 0 bridgehead atoms. The van der Waals surface area contributed by atoms with E-state index in [-0.39, 0.29) is 11.9 Å². The molecule has 0 radical (unpaired) electrons. The van der Waals surface area contributed by atoms with Crippen molar-refractivity contribution < 1.29 is 9.53 Å². The van der Waals surface area contributed by atoms with Gasteiger partial charge in [-0.25, -0.2) is 9.97 Å². The van der Waals surface area contributed by atoms with Crippen molar-refractivity contribution in [2.75, 3.05) is 6.61 Å². The Balaban J connectivity index is 1.83. The van der Waals surface area contributed by atoms with Crippen LogP contribution in [-0.2, 0) is 6.54 Å². The number of aromatic nitrogens is 4. The van der Waals surface area contributed by atoms with Crippen LogP contribution < -0.4 is 10.1 Å². The van der Waals surface area contributed by atoms with Crippen LogP contribution >= 0.6 is 0 Å². The van der Waals surface area contributed by atoms with Crippen molar-refractivity contribution in [2.24, 2.45) is 0 Å². The van der Waals surface area contributed by atoms with Crippen LogP contribution in [0.15, 0.2) is 61.3 Å². The fourth-order valence-electron chi connectivity index (χ4n) is 2.49. The third kappa shape index (κ3) is 4.20. The average Bonchev–Trinajstić information content (AvgIpc) is 3.16. The van der Waals surface area contributed by atoms with Crippen molar-refractivity contribution in [1.29, 1.82) is 0 Å². The van der Waals surface area contributed by atoms with Gasteiger partial charge in [0.05, 0.1) is 19.2 Å². The molecule has 7 heteroatoms. The fourth-order valence-corrected chi connectivity index (χ4v) is 2.49. The van der Waals surface area contributed by atoms with Crippen molar-refractivity contribution in [3.8, 4) is 5.88 Å². The highest BCUT2D eigenvalue weighted by Crippen LogP contribution is 2.19. The van der Waals surface area contributed by atoms with Gasteiger partial charge < -0.3 is 10.1 Å². The van der Waals surface area contributed by atoms with Crippen LogP contribution in [0.5, 0.6) is 5.88 Å². The fraction of sp³-hybridized carbons (Fsp3) is 0.222. The molecule has 3 rings (SSSR count). The van der Waals surface area contributed by atoms with Gasteiger partial charge in [0.15, 0.2) is 0 Å². The standard InChI is InChI=1S/C18H19N5O2/c1-2-25-18-15(9-6-10-20-18)17(24)22-16(11-23-13-19-12-21-23)14-7-4-3-5-8-14/h3-10,12-13,16H,2,11H2,1H3,(H,22,24)/t16-/m0/s1. The van der Waals surface area contributed by atoms with E-state index in [1.807, 2.05) is 37.3 Å². The molecular formula is C18H19N5O2. The molecule has 2 heterocycles. The van der Waals surface area contributed by atoms with Crippen LogP contribution in [0, 0.1) is 0 Å². The topological polar surface area (TPSA) is 81.9 Å². The SMILES string of the molecule is CCOc1ncccc1C(=O)N[C@@H](Cn1cncn1)c1ccccc1. The van der Waals surface area contributed by atoms with Crippen LogP contribution in [0.25, 0.3) is 0 Å². The van der Waals surface area contributed by atoms with E-state index in [1.165, 1.54) is 6.33 Å². The van der Waals surface area contributed by atoms with E-state index in [0.29, 0.717) is 24.6 Å². The zero-order valence-electron chi connectivity index (χ0n) is 13.9. The van der Waals surface area contributed by atoms with Crippen LogP contribution in [0.1, 0.15) is 28.9 Å². The second-order valence-electron chi connectivity index (χ2n) is 5.34. The van der Waals surface area contributed by atoms with Gasteiger partial charge in [0, 0.05) is 6.20 Å². The van der Waals surface area contributed by atoms with Crippen molar-refractivity contribution >= 4 is 5.91 Å². The number of benzene rings is 1. The molecule has 0 aliphatic carbocycles. The number of hydrogen-bond donors (Lipinski definition) is 1. The summed E-state index contributed by atoms with van der Waals surface area (Å²) in [4.78, 5) is 20.9. The largest absolute Gasteiger partial charge is 0.477 e. The number of hydrogen-bond acceptors (Lipinski definition) is 5. The molecule has 128 valence electrons. The molecule has 0 saturated carbocycles. The van der Waals surface area contributed by atoms with E-state index < -0.39 is 0 Å². The minimum absolute atomic E-state index is 0.245. The third-order valence-electron chi connectivity index (χ3n) is 3.64. The lowest BCUT2D eigenvalue weighted by molar-refractivity contribution is 0.0927. The highest BCUT2D eigenvalue weighted by Gasteiger charge is 2.19. The lowest BCUT2D eigenvalue weighted by atomic mass is 10.1. The maximum Gasteiger partial charge on any atom is 0.257 e. The maximum absolute atomic E-state index is 12.8. The summed E-state index contributed by atoms with van der Waals surface area (Å²) < 4.78 is 7.14. The first kappa shape index (κ1) is 16.6. The molecule has 0 fully saturated rings. The molecule has 0 saturated heterocycles. The van der Waals surface area contributed by atoms with E-state index in [9.17, 15) is 4.79 Å². The number of carbonyl (C=O) groups is 1. The summed E-state index contributed by atoms with van der Waals surface area (Å²) in [6.07, 6.45) is 4.70. The first-order valence-corrected chi connectivity index (χ1v) is 8.04. The van der Waals surface area contributed by atoms with Crippen molar-refractivity contribution in [3.05, 3.63) is 72.4 Å². The summed E-state index contributed by atoms with van der Waals surface area (Å²) >= 11 is 0. The van der Waals surface area contributed by atoms with Gasteiger partial charge in [0.1, 0.15) is 18.2 Å². The van der Waals surface area contributed by atoms with Crippen LogP contribution in [-0.4, -0.2) is 32.3 Å². The Hall–Kier alpha value is -3.22. The quantitative estimate of drug-likeness (QED) is 0.715. The molecule has 7 nitrogen and oxygen atoms in total. The summed E-state index contributed by atoms with van der Waals surface area (Å²) in [7, 11) is 0. The Bertz CT molecular complexity index is 805. The average molecular weight is 337 g/mol. The first-order valence-electron chi connectivity index (χ1n) is 8.04. The van der Waals surface area contributed by atoms with Crippen LogP contribution in [0.4, 0.5) is 0 Å². The lowest BCUT2D eigenvalue weighted by Gasteiger charge is -2.19. The molecule has 3 aromatic rings. The summed E-state index contributed by atoms with van der Waals surface area (Å²) in [6.45, 7) is 2.77. The summed E-state index contributed by atoms with van der Waals surface area (Å²) in [6, 6.07) is 12.9. The number of ether oxygens (including phenoxy) is 1. The van der Waals surface area contributed by atoms with Gasteiger partial charge in [-0.05, 0) is 24.6 Å². The van der Waals surface area contributed by atoms with E-state index in [1.54, 1.807) is 29.3 Å². The van der Waals surface area contributed by atoms with E-state index in [0.717, 1.165) is 5.56 Å². The molecule has 0 unspecified atom stereocenters. The predicted molar refractivity (Wildman–Crippen MR) is 92.1 cm³/mol. The zero-order chi connectivity index (χ0) is 17.5. The Morgan fingerprint density at radius 1 is 1.24 bits per heavy atom. The Morgan fingerprint density at radius 2 is 2.08 bits per heavy atom. The Labute approximate surface area is 145 Å². The predicted octanol–water partition coefficient (Wildman–Crippen LogP) is 2.24. The van der Waals surface area contributed by atoms with E-state index in [4.69, 9.17) is 4.74 Å². The van der Waals surface area contributed by atoms with Gasteiger partial charge in [0.25, 0.3) is 5.91 Å². The van der Waals surface area contributed by atoms with Gasteiger partial charge in [-0.1, -0.05) is 30.3 Å². The van der Waals surface area contributed by atoms with Gasteiger partial charge in [-0.3, -0.25) is 9.48 Å². The lowest BCUT2D eigenvalue weighted by Crippen LogP contribution is -2.32. The number of pyridine rings is 1. The maximum atomic E-state index is 12.8. The number of rotatable bonds is 7. The Morgan fingerprint density at radius 3 is 2.80 bits per heavy atom. The monoisotopic (exact) mass is 337 g/mol. The van der Waals surface area contributed by atoms with Gasteiger partial charge in [-0.2, -0.15) is 5.10 Å². The molecule has 25 heavy (non-hydrogen) atoms. The third-order valence-corrected chi connectivity index (χ3v) is 3.64. The molecule has 1 N–H and O–H groups in total. The van der Waals surface area contributed by atoms with Crippen molar-refractivity contribution in [3.63, 3.8) is 0 Å². The van der Waals surface area contributed by atoms with Crippen LogP contribution in [0.2, 0.25) is 0 Å². The molecular weight excluding hydrogens is 318 g/mol. The van der Waals surface area contributed by atoms with E-state index >= 15 is 0 Å². The number of carbonyl (C=O) groups excluding carboxylic acids is 1. The summed E-state index contributed by atoms with van der Waals surface area (Å²) in [5, 5.41) is 7.16. The highest BCUT2D eigenvalue weighted by molar-refractivity contribution is 5.96. The normalized spacial score (nSPS) is 11.7. The molecule has 1 aromatic carbocycles. The smallest absolute Gasteiger partial charge is 0.257 e. The molecule has 1 amide bonds. The van der Waals surface area contributed by atoms with Gasteiger partial charge >= 0.3 is 0 Å². The minimum Gasteiger partial charge on any atom is -0.477 e. The second-order valence-corrected chi connectivity index (χ2v) is 5.34. The summed E-state index contributed by atoms with van der Waals surface area (Å²) in [5.74, 6) is 0.0839. The molecule has 1 atom stereocenters.